The predicted molar refractivity (Wildman–Crippen MR) is 110 cm³/mol. The Hall–Kier alpha value is -3.31. The molecule has 0 bridgehead atoms. The van der Waals surface area contributed by atoms with Crippen LogP contribution in [-0.2, 0) is 17.1 Å². The maximum Gasteiger partial charge on any atom is 0.321 e. The van der Waals surface area contributed by atoms with Crippen LogP contribution in [0.5, 0.6) is 0 Å². The molecule has 0 saturated carbocycles. The fourth-order valence-corrected chi connectivity index (χ4v) is 4.73. The third-order valence-electron chi connectivity index (χ3n) is 4.90. The van der Waals surface area contributed by atoms with Crippen molar-refractivity contribution in [1.29, 1.82) is 0 Å². The van der Waals surface area contributed by atoms with Crippen LogP contribution in [0.1, 0.15) is 0 Å². The summed E-state index contributed by atoms with van der Waals surface area (Å²) in [5.74, 6) is 0.589. The first kappa shape index (κ1) is 20.0. The van der Waals surface area contributed by atoms with Crippen molar-refractivity contribution in [1.82, 2.24) is 29.4 Å². The van der Waals surface area contributed by atoms with Gasteiger partial charge in [-0.15, -0.1) is 5.10 Å². The average molecular weight is 427 g/mol. The van der Waals surface area contributed by atoms with Gasteiger partial charge < -0.3 is 10.2 Å². The summed E-state index contributed by atoms with van der Waals surface area (Å²) in [6.07, 6.45) is 0. The van der Waals surface area contributed by atoms with Gasteiger partial charge >= 0.3 is 6.03 Å². The first-order chi connectivity index (χ1) is 14.4. The summed E-state index contributed by atoms with van der Waals surface area (Å²) in [4.78, 5) is 14.5. The second-order valence-electron chi connectivity index (χ2n) is 6.84. The topological polar surface area (TPSA) is 113 Å². The summed E-state index contributed by atoms with van der Waals surface area (Å²) < 4.78 is 28.4. The van der Waals surface area contributed by atoms with E-state index in [1.807, 2.05) is 12.1 Å². The van der Waals surface area contributed by atoms with Crippen molar-refractivity contribution in [3.63, 3.8) is 0 Å². The highest BCUT2D eigenvalue weighted by molar-refractivity contribution is 7.89. The van der Waals surface area contributed by atoms with E-state index in [-0.39, 0.29) is 24.0 Å². The number of anilines is 1. The standard InChI is InChI=1S/C19H21N7O3S/c1-24-18(21-22-23-24)15-6-5-7-16(14-15)20-19(27)25-10-12-26(13-11-25)30(28,29)17-8-3-2-4-9-17/h2-9,14H,10-13H2,1H3,(H,20,27). The average Bonchev–Trinajstić information content (AvgIpc) is 3.20. The zero-order valence-corrected chi connectivity index (χ0v) is 17.2. The van der Waals surface area contributed by atoms with Crippen LogP contribution in [0.4, 0.5) is 10.5 Å². The molecule has 0 spiro atoms. The van der Waals surface area contributed by atoms with E-state index in [1.165, 1.54) is 4.31 Å². The molecule has 1 saturated heterocycles. The minimum Gasteiger partial charge on any atom is -0.322 e. The maximum absolute atomic E-state index is 12.7. The molecule has 1 fully saturated rings. The van der Waals surface area contributed by atoms with Crippen molar-refractivity contribution in [2.24, 2.45) is 7.05 Å². The summed E-state index contributed by atoms with van der Waals surface area (Å²) in [5.41, 5.74) is 1.39. The van der Waals surface area contributed by atoms with Gasteiger partial charge in [0.15, 0.2) is 5.82 Å². The van der Waals surface area contributed by atoms with Gasteiger partial charge in [-0.05, 0) is 34.7 Å². The third-order valence-corrected chi connectivity index (χ3v) is 6.81. The van der Waals surface area contributed by atoms with Crippen LogP contribution >= 0.6 is 0 Å². The Kier molecular flexibility index (Phi) is 5.46. The molecule has 3 aromatic rings. The third kappa shape index (κ3) is 4.02. The minimum atomic E-state index is -3.55. The van der Waals surface area contributed by atoms with E-state index in [9.17, 15) is 13.2 Å². The zero-order chi connectivity index (χ0) is 21.1. The molecule has 156 valence electrons. The second-order valence-corrected chi connectivity index (χ2v) is 8.78. The molecule has 11 heteroatoms. The lowest BCUT2D eigenvalue weighted by molar-refractivity contribution is 0.184. The fourth-order valence-electron chi connectivity index (χ4n) is 3.29. The van der Waals surface area contributed by atoms with Crippen molar-refractivity contribution >= 4 is 21.7 Å². The number of amides is 2. The van der Waals surface area contributed by atoms with Gasteiger partial charge in [-0.3, -0.25) is 0 Å². The molecule has 1 N–H and O–H groups in total. The summed E-state index contributed by atoms with van der Waals surface area (Å²) >= 11 is 0. The predicted octanol–water partition coefficient (Wildman–Crippen LogP) is 1.42. The van der Waals surface area contributed by atoms with Crippen molar-refractivity contribution in [3.8, 4) is 11.4 Å². The number of piperazine rings is 1. The second kappa shape index (κ2) is 8.20. The molecule has 1 aliphatic heterocycles. The van der Waals surface area contributed by atoms with E-state index in [0.717, 1.165) is 5.56 Å². The SMILES string of the molecule is Cn1nnnc1-c1cccc(NC(=O)N2CCN(S(=O)(=O)c3ccccc3)CC2)c1. The summed E-state index contributed by atoms with van der Waals surface area (Å²) in [7, 11) is -1.81. The normalized spacial score (nSPS) is 15.2. The molecule has 0 atom stereocenters. The highest BCUT2D eigenvalue weighted by Gasteiger charge is 2.30. The monoisotopic (exact) mass is 427 g/mol. The number of aryl methyl sites for hydroxylation is 1. The van der Waals surface area contributed by atoms with Crippen LogP contribution in [0.25, 0.3) is 11.4 Å². The van der Waals surface area contributed by atoms with Gasteiger partial charge in [0.1, 0.15) is 0 Å². The highest BCUT2D eigenvalue weighted by Crippen LogP contribution is 2.21. The minimum absolute atomic E-state index is 0.245. The molecule has 10 nitrogen and oxygen atoms in total. The number of hydrogen-bond acceptors (Lipinski definition) is 6. The molecule has 2 amide bonds. The molecular weight excluding hydrogens is 406 g/mol. The van der Waals surface area contributed by atoms with Crippen molar-refractivity contribution in [2.45, 2.75) is 4.90 Å². The number of benzene rings is 2. The largest absolute Gasteiger partial charge is 0.322 e. The molecule has 0 aliphatic carbocycles. The molecule has 30 heavy (non-hydrogen) atoms. The van der Waals surface area contributed by atoms with E-state index < -0.39 is 10.0 Å². The Morgan fingerprint density at radius 1 is 1.00 bits per heavy atom. The Balaban J connectivity index is 1.39. The zero-order valence-electron chi connectivity index (χ0n) is 16.3. The molecule has 0 unspecified atom stereocenters. The van der Waals surface area contributed by atoms with E-state index in [2.05, 4.69) is 20.8 Å². The van der Waals surface area contributed by atoms with Crippen LogP contribution in [0, 0.1) is 0 Å². The van der Waals surface area contributed by atoms with Gasteiger partial charge in [-0.25, -0.2) is 17.9 Å². The molecule has 4 rings (SSSR count). The lowest BCUT2D eigenvalue weighted by Crippen LogP contribution is -2.51. The molecule has 1 aromatic heterocycles. The first-order valence-corrected chi connectivity index (χ1v) is 10.8. The fraction of sp³-hybridized carbons (Fsp3) is 0.263. The number of hydrogen-bond donors (Lipinski definition) is 1. The van der Waals surface area contributed by atoms with Crippen molar-refractivity contribution in [2.75, 3.05) is 31.5 Å². The Morgan fingerprint density at radius 3 is 2.40 bits per heavy atom. The van der Waals surface area contributed by atoms with Crippen LogP contribution < -0.4 is 5.32 Å². The Morgan fingerprint density at radius 2 is 1.73 bits per heavy atom. The quantitative estimate of drug-likeness (QED) is 0.674. The number of aromatic nitrogens is 4. The van der Waals surface area contributed by atoms with Gasteiger partial charge in [-0.1, -0.05) is 30.3 Å². The van der Waals surface area contributed by atoms with Gasteiger partial charge in [0.05, 0.1) is 4.90 Å². The van der Waals surface area contributed by atoms with Gasteiger partial charge in [0.2, 0.25) is 10.0 Å². The van der Waals surface area contributed by atoms with E-state index in [4.69, 9.17) is 0 Å². The molecule has 0 radical (unpaired) electrons. The molecule has 1 aliphatic rings. The lowest BCUT2D eigenvalue weighted by atomic mass is 10.2. The lowest BCUT2D eigenvalue weighted by Gasteiger charge is -2.34. The number of sulfonamides is 1. The van der Waals surface area contributed by atoms with Crippen LogP contribution in [0.2, 0.25) is 0 Å². The number of tetrazole rings is 1. The van der Waals surface area contributed by atoms with Crippen LogP contribution in [-0.4, -0.2) is 70.0 Å². The summed E-state index contributed by atoms with van der Waals surface area (Å²) in [6, 6.07) is 15.3. The van der Waals surface area contributed by atoms with Crippen LogP contribution in [0.3, 0.4) is 0 Å². The van der Waals surface area contributed by atoms with E-state index >= 15 is 0 Å². The Bertz CT molecular complexity index is 1140. The molecule has 2 aromatic carbocycles. The number of rotatable bonds is 4. The summed E-state index contributed by atoms with van der Waals surface area (Å²) in [5, 5.41) is 14.3. The summed E-state index contributed by atoms with van der Waals surface area (Å²) in [6.45, 7) is 1.11. The van der Waals surface area contributed by atoms with Gasteiger partial charge in [0.25, 0.3) is 0 Å². The molecule has 2 heterocycles. The first-order valence-electron chi connectivity index (χ1n) is 9.39. The Labute approximate surface area is 174 Å². The van der Waals surface area contributed by atoms with Gasteiger partial charge in [-0.2, -0.15) is 4.31 Å². The van der Waals surface area contributed by atoms with E-state index in [1.54, 1.807) is 59.1 Å². The van der Waals surface area contributed by atoms with Crippen LogP contribution in [0.15, 0.2) is 59.5 Å². The number of carbonyl (C=O) groups is 1. The number of nitrogens with zero attached hydrogens (tertiary/aromatic N) is 6. The number of nitrogens with one attached hydrogen (secondary N) is 1. The maximum atomic E-state index is 12.7. The number of urea groups is 1. The van der Waals surface area contributed by atoms with Gasteiger partial charge in [0, 0.05) is 44.5 Å². The highest BCUT2D eigenvalue weighted by atomic mass is 32.2. The van der Waals surface area contributed by atoms with Crippen molar-refractivity contribution < 1.29 is 13.2 Å². The van der Waals surface area contributed by atoms with Crippen molar-refractivity contribution in [3.05, 3.63) is 54.6 Å². The smallest absolute Gasteiger partial charge is 0.321 e. The molecular formula is C19H21N7O3S. The van der Waals surface area contributed by atoms with E-state index in [0.29, 0.717) is 24.6 Å². The number of carbonyl (C=O) groups excluding carboxylic acids is 1.